The molecule has 0 saturated heterocycles. The Kier molecular flexibility index (Phi) is 3.84. The van der Waals surface area contributed by atoms with Crippen LogP contribution in [0.15, 0.2) is 35.3 Å². The minimum Gasteiger partial charge on any atom is -0.497 e. The van der Waals surface area contributed by atoms with Gasteiger partial charge in [-0.1, -0.05) is 12.1 Å². The van der Waals surface area contributed by atoms with Gasteiger partial charge in [0.15, 0.2) is 0 Å². The zero-order valence-corrected chi connectivity index (χ0v) is 10.2. The van der Waals surface area contributed by atoms with Gasteiger partial charge < -0.3 is 14.9 Å². The lowest BCUT2D eigenvalue weighted by atomic mass is 10.2. The van der Waals surface area contributed by atoms with Crippen LogP contribution in [0.25, 0.3) is 0 Å². The maximum Gasteiger partial charge on any atom is 0.270 e. The van der Waals surface area contributed by atoms with Gasteiger partial charge >= 0.3 is 0 Å². The number of nitrogens with one attached hydrogen (secondary N) is 1. The summed E-state index contributed by atoms with van der Waals surface area (Å²) >= 11 is 0. The predicted octanol–water partition coefficient (Wildman–Crippen LogP) is 0.768. The highest BCUT2D eigenvalue weighted by molar-refractivity contribution is 5.28. The molecular weight excluding hydrogens is 232 g/mol. The molecule has 5 nitrogen and oxygen atoms in total. The lowest BCUT2D eigenvalue weighted by molar-refractivity contribution is 0.299. The Labute approximate surface area is 105 Å². The third kappa shape index (κ3) is 2.62. The van der Waals surface area contributed by atoms with Crippen LogP contribution in [0.1, 0.15) is 11.1 Å². The Morgan fingerprint density at radius 3 is 3.00 bits per heavy atom. The van der Waals surface area contributed by atoms with Crippen LogP contribution in [0.3, 0.4) is 0 Å². The van der Waals surface area contributed by atoms with Gasteiger partial charge in [-0.05, 0) is 17.7 Å². The molecule has 0 spiro atoms. The first-order valence-electron chi connectivity index (χ1n) is 5.75. The van der Waals surface area contributed by atoms with Crippen molar-refractivity contribution in [2.45, 2.75) is 13.0 Å². The molecule has 0 aliphatic heterocycles. The Bertz CT molecular complexity index is 572. The Morgan fingerprint density at radius 2 is 2.28 bits per heavy atom. The van der Waals surface area contributed by atoms with Crippen molar-refractivity contribution in [2.75, 3.05) is 13.7 Å². The molecule has 96 valence electrons. The number of hydrogen-bond acceptors (Lipinski definition) is 3. The van der Waals surface area contributed by atoms with Crippen molar-refractivity contribution >= 4 is 0 Å². The zero-order valence-electron chi connectivity index (χ0n) is 10.2. The molecule has 0 bridgehead atoms. The number of hydrogen-bond donors (Lipinski definition) is 2. The van der Waals surface area contributed by atoms with E-state index in [1.807, 2.05) is 24.3 Å². The van der Waals surface area contributed by atoms with E-state index in [2.05, 4.69) is 5.10 Å². The summed E-state index contributed by atoms with van der Waals surface area (Å²) in [6, 6.07) is 7.56. The highest BCUT2D eigenvalue weighted by Crippen LogP contribution is 2.12. The highest BCUT2D eigenvalue weighted by atomic mass is 16.5. The molecule has 18 heavy (non-hydrogen) atoms. The fraction of sp³-hybridized carbons (Fsp3) is 0.308. The second kappa shape index (κ2) is 5.55. The van der Waals surface area contributed by atoms with Crippen molar-refractivity contribution in [1.82, 2.24) is 9.78 Å². The Hall–Kier alpha value is -2.01. The number of rotatable bonds is 5. The van der Waals surface area contributed by atoms with Crippen LogP contribution in [0.5, 0.6) is 5.75 Å². The SMILES string of the molecule is COc1cccc(Cn2[nH]cc(CCO)c2=O)c1. The van der Waals surface area contributed by atoms with Crippen molar-refractivity contribution in [3.8, 4) is 5.75 Å². The van der Waals surface area contributed by atoms with E-state index in [0.29, 0.717) is 18.5 Å². The molecule has 2 aromatic rings. The second-order valence-electron chi connectivity index (χ2n) is 4.02. The van der Waals surface area contributed by atoms with E-state index < -0.39 is 0 Å². The fourth-order valence-corrected chi connectivity index (χ4v) is 1.82. The third-order valence-corrected chi connectivity index (χ3v) is 2.77. The average Bonchev–Trinajstić information content (AvgIpc) is 2.72. The molecule has 0 saturated carbocycles. The molecule has 0 fully saturated rings. The van der Waals surface area contributed by atoms with Gasteiger partial charge in [0, 0.05) is 24.8 Å². The minimum atomic E-state index is -0.0909. The van der Waals surface area contributed by atoms with Crippen LogP contribution in [0.4, 0.5) is 0 Å². The quantitative estimate of drug-likeness (QED) is 0.821. The van der Waals surface area contributed by atoms with E-state index in [-0.39, 0.29) is 12.2 Å². The maximum absolute atomic E-state index is 11.9. The monoisotopic (exact) mass is 248 g/mol. The topological polar surface area (TPSA) is 67.2 Å². The smallest absolute Gasteiger partial charge is 0.270 e. The van der Waals surface area contributed by atoms with E-state index in [1.54, 1.807) is 13.3 Å². The van der Waals surface area contributed by atoms with Gasteiger partial charge in [-0.3, -0.25) is 4.79 Å². The number of aliphatic hydroxyl groups is 1. The predicted molar refractivity (Wildman–Crippen MR) is 67.9 cm³/mol. The summed E-state index contributed by atoms with van der Waals surface area (Å²) in [4.78, 5) is 11.9. The van der Waals surface area contributed by atoms with Crippen molar-refractivity contribution in [1.29, 1.82) is 0 Å². The molecule has 0 unspecified atom stereocenters. The van der Waals surface area contributed by atoms with E-state index in [0.717, 1.165) is 11.3 Å². The summed E-state index contributed by atoms with van der Waals surface area (Å²) in [5.74, 6) is 0.766. The van der Waals surface area contributed by atoms with Gasteiger partial charge in [0.2, 0.25) is 0 Å². The van der Waals surface area contributed by atoms with Crippen LogP contribution in [0.2, 0.25) is 0 Å². The van der Waals surface area contributed by atoms with Crippen molar-refractivity contribution < 1.29 is 9.84 Å². The van der Waals surface area contributed by atoms with Crippen LogP contribution >= 0.6 is 0 Å². The summed E-state index contributed by atoms with van der Waals surface area (Å²) in [6.45, 7) is 0.438. The number of aromatic amines is 1. The first-order valence-corrected chi connectivity index (χ1v) is 5.75. The summed E-state index contributed by atoms with van der Waals surface area (Å²) in [5, 5.41) is 11.7. The van der Waals surface area contributed by atoms with Gasteiger partial charge in [-0.25, -0.2) is 4.68 Å². The highest BCUT2D eigenvalue weighted by Gasteiger charge is 2.06. The molecule has 0 amide bonds. The van der Waals surface area contributed by atoms with Crippen molar-refractivity contribution in [3.05, 3.63) is 51.9 Å². The Morgan fingerprint density at radius 1 is 1.44 bits per heavy atom. The third-order valence-electron chi connectivity index (χ3n) is 2.77. The summed E-state index contributed by atoms with van der Waals surface area (Å²) in [7, 11) is 1.61. The van der Waals surface area contributed by atoms with Crippen LogP contribution in [0, 0.1) is 0 Å². The number of benzene rings is 1. The second-order valence-corrected chi connectivity index (χ2v) is 4.02. The number of aliphatic hydroxyl groups excluding tert-OH is 1. The van der Waals surface area contributed by atoms with Gasteiger partial charge in [0.25, 0.3) is 5.56 Å². The van der Waals surface area contributed by atoms with Gasteiger partial charge in [0.1, 0.15) is 5.75 Å². The number of aromatic nitrogens is 2. The number of ether oxygens (including phenoxy) is 1. The minimum absolute atomic E-state index is 0.0216. The van der Waals surface area contributed by atoms with E-state index >= 15 is 0 Å². The maximum atomic E-state index is 11.9. The van der Waals surface area contributed by atoms with Gasteiger partial charge in [-0.15, -0.1) is 0 Å². The lowest BCUT2D eigenvalue weighted by Gasteiger charge is -2.04. The fourth-order valence-electron chi connectivity index (χ4n) is 1.82. The number of nitrogens with zero attached hydrogens (tertiary/aromatic N) is 1. The standard InChI is InChI=1S/C13H16N2O3/c1-18-12-4-2-3-10(7-12)9-15-13(17)11(5-6-16)8-14-15/h2-4,7-8,14,16H,5-6,9H2,1H3. The molecule has 1 aromatic carbocycles. The van der Waals surface area contributed by atoms with Crippen LogP contribution in [-0.4, -0.2) is 28.6 Å². The first-order chi connectivity index (χ1) is 8.74. The first kappa shape index (κ1) is 12.4. The van der Waals surface area contributed by atoms with Crippen molar-refractivity contribution in [3.63, 3.8) is 0 Å². The molecule has 0 aliphatic rings. The number of methoxy groups -OCH3 is 1. The van der Waals surface area contributed by atoms with Gasteiger partial charge in [-0.2, -0.15) is 0 Å². The summed E-state index contributed by atoms with van der Waals surface area (Å²) < 4.78 is 6.65. The zero-order chi connectivity index (χ0) is 13.0. The van der Waals surface area contributed by atoms with Crippen LogP contribution in [-0.2, 0) is 13.0 Å². The normalized spacial score (nSPS) is 10.6. The average molecular weight is 248 g/mol. The summed E-state index contributed by atoms with van der Waals surface area (Å²) in [5.41, 5.74) is 1.49. The summed E-state index contributed by atoms with van der Waals surface area (Å²) in [6.07, 6.45) is 2.01. The number of H-pyrrole nitrogens is 1. The van der Waals surface area contributed by atoms with Crippen molar-refractivity contribution in [2.24, 2.45) is 0 Å². The Balaban J connectivity index is 2.20. The van der Waals surface area contributed by atoms with Crippen LogP contribution < -0.4 is 10.3 Å². The molecule has 1 heterocycles. The molecule has 0 radical (unpaired) electrons. The molecule has 2 rings (SSSR count). The lowest BCUT2D eigenvalue weighted by Crippen LogP contribution is -2.20. The molecule has 2 N–H and O–H groups in total. The molecule has 0 atom stereocenters. The van der Waals surface area contributed by atoms with E-state index in [4.69, 9.17) is 9.84 Å². The molecular formula is C13H16N2O3. The molecule has 1 aromatic heterocycles. The molecule has 0 aliphatic carbocycles. The largest absolute Gasteiger partial charge is 0.497 e. The molecule has 5 heteroatoms. The van der Waals surface area contributed by atoms with E-state index in [1.165, 1.54) is 4.68 Å². The van der Waals surface area contributed by atoms with Gasteiger partial charge in [0.05, 0.1) is 13.7 Å². The van der Waals surface area contributed by atoms with E-state index in [9.17, 15) is 4.79 Å².